The first-order valence-corrected chi connectivity index (χ1v) is 13.2. The van der Waals surface area contributed by atoms with Crippen molar-refractivity contribution in [2.45, 2.75) is 58.2 Å². The van der Waals surface area contributed by atoms with E-state index >= 15 is 0 Å². The van der Waals surface area contributed by atoms with Crippen LogP contribution in [0.1, 0.15) is 47.1 Å². The van der Waals surface area contributed by atoms with Crippen LogP contribution >= 0.6 is 0 Å². The van der Waals surface area contributed by atoms with Gasteiger partial charge in [-0.1, -0.05) is 65.8 Å². The molecule has 1 heterocycles. The van der Waals surface area contributed by atoms with Crippen molar-refractivity contribution in [2.24, 2.45) is 0 Å². The molecule has 31 heavy (non-hydrogen) atoms. The average molecular weight is 440 g/mol. The van der Waals surface area contributed by atoms with Gasteiger partial charge in [0.2, 0.25) is 0 Å². The Morgan fingerprint density at radius 3 is 2.13 bits per heavy atom. The first-order chi connectivity index (χ1) is 14.7. The maximum absolute atomic E-state index is 12.2. The first-order valence-electron chi connectivity index (χ1n) is 11.0. The summed E-state index contributed by atoms with van der Waals surface area (Å²) in [5.74, 6) is -0.102. The summed E-state index contributed by atoms with van der Waals surface area (Å²) >= 11 is 0. The molecule has 0 atom stereocenters. The van der Waals surface area contributed by atoms with Crippen LogP contribution in [0.25, 0.3) is 16.3 Å². The molecule has 0 unspecified atom stereocenters. The number of benzene rings is 2. The maximum Gasteiger partial charge on any atom is 0.258 e. The van der Waals surface area contributed by atoms with Crippen LogP contribution in [0.4, 0.5) is 0 Å². The van der Waals surface area contributed by atoms with Crippen LogP contribution in [0.5, 0.6) is 5.75 Å². The standard InChI is InChI=1S/C25H33NO4Si/c1-16(2)31(17(3)4,18(5)6)30-12-11-29-20-13-19-9-7-8-10-21(19)22(14-20)23-15-24(27)26-25(23)28/h7-10,13-18H,11-12H2,1-6H3,(H,26,27,28). The number of amides is 2. The summed E-state index contributed by atoms with van der Waals surface area (Å²) in [5, 5.41) is 4.19. The lowest BCUT2D eigenvalue weighted by Gasteiger charge is -2.42. The molecular formula is C25H33NO4Si. The molecule has 0 aromatic heterocycles. The van der Waals surface area contributed by atoms with Gasteiger partial charge in [-0.15, -0.1) is 0 Å². The van der Waals surface area contributed by atoms with E-state index in [1.54, 1.807) is 0 Å². The molecule has 0 bridgehead atoms. The van der Waals surface area contributed by atoms with Gasteiger partial charge in [0.1, 0.15) is 12.4 Å². The molecule has 166 valence electrons. The zero-order valence-corrected chi connectivity index (χ0v) is 20.3. The van der Waals surface area contributed by atoms with Crippen molar-refractivity contribution in [3.8, 4) is 5.75 Å². The van der Waals surface area contributed by atoms with Gasteiger partial charge < -0.3 is 9.16 Å². The van der Waals surface area contributed by atoms with Crippen molar-refractivity contribution >= 4 is 36.5 Å². The van der Waals surface area contributed by atoms with Gasteiger partial charge in [0.25, 0.3) is 11.8 Å². The van der Waals surface area contributed by atoms with Gasteiger partial charge >= 0.3 is 0 Å². The fourth-order valence-corrected chi connectivity index (χ4v) is 10.5. The van der Waals surface area contributed by atoms with Crippen molar-refractivity contribution in [3.63, 3.8) is 0 Å². The van der Waals surface area contributed by atoms with Crippen LogP contribution in [0, 0.1) is 0 Å². The van der Waals surface area contributed by atoms with E-state index in [9.17, 15) is 9.59 Å². The zero-order chi connectivity index (χ0) is 22.8. The monoisotopic (exact) mass is 439 g/mol. The van der Waals surface area contributed by atoms with Crippen LogP contribution in [-0.4, -0.2) is 33.3 Å². The van der Waals surface area contributed by atoms with Crippen LogP contribution in [0.3, 0.4) is 0 Å². The molecule has 0 saturated heterocycles. The molecule has 1 aliphatic rings. The molecule has 0 saturated carbocycles. The highest BCUT2D eigenvalue weighted by Gasteiger charge is 2.44. The van der Waals surface area contributed by atoms with Crippen LogP contribution in [-0.2, 0) is 14.0 Å². The van der Waals surface area contributed by atoms with Crippen molar-refractivity contribution in [3.05, 3.63) is 48.0 Å². The van der Waals surface area contributed by atoms with Gasteiger partial charge in [0.15, 0.2) is 8.32 Å². The average Bonchev–Trinajstić information content (AvgIpc) is 3.04. The largest absolute Gasteiger partial charge is 0.491 e. The Morgan fingerprint density at radius 2 is 1.55 bits per heavy atom. The number of carbonyl (C=O) groups excluding carboxylic acids is 2. The maximum atomic E-state index is 12.2. The van der Waals surface area contributed by atoms with Gasteiger partial charge in [-0.05, 0) is 45.1 Å². The molecule has 0 radical (unpaired) electrons. The number of hydrogen-bond donors (Lipinski definition) is 1. The Morgan fingerprint density at radius 1 is 0.903 bits per heavy atom. The quantitative estimate of drug-likeness (QED) is 0.320. The molecular weight excluding hydrogens is 406 g/mol. The van der Waals surface area contributed by atoms with Crippen LogP contribution < -0.4 is 10.1 Å². The molecule has 0 spiro atoms. The minimum absolute atomic E-state index is 0.369. The van der Waals surface area contributed by atoms with E-state index in [2.05, 4.69) is 46.9 Å². The summed E-state index contributed by atoms with van der Waals surface area (Å²) in [6.07, 6.45) is 1.35. The van der Waals surface area contributed by atoms with Gasteiger partial charge in [-0.3, -0.25) is 14.9 Å². The third-order valence-corrected chi connectivity index (χ3v) is 12.4. The minimum Gasteiger partial charge on any atom is -0.491 e. The summed E-state index contributed by atoms with van der Waals surface area (Å²) in [5.41, 5.74) is 2.63. The van der Waals surface area contributed by atoms with E-state index in [0.29, 0.717) is 46.7 Å². The Bertz CT molecular complexity index is 988. The molecule has 2 amide bonds. The minimum atomic E-state index is -1.94. The smallest absolute Gasteiger partial charge is 0.258 e. The molecule has 3 rings (SSSR count). The molecule has 0 fully saturated rings. The molecule has 2 aromatic rings. The summed E-state index contributed by atoms with van der Waals surface area (Å²) in [6.45, 7) is 14.6. The number of nitrogens with one attached hydrogen (secondary N) is 1. The number of carbonyl (C=O) groups is 2. The van der Waals surface area contributed by atoms with Gasteiger partial charge in [-0.2, -0.15) is 0 Å². The number of hydrogen-bond acceptors (Lipinski definition) is 4. The third kappa shape index (κ3) is 4.60. The van der Waals surface area contributed by atoms with Gasteiger partial charge in [0, 0.05) is 6.08 Å². The Hall–Kier alpha value is -2.44. The molecule has 6 heteroatoms. The third-order valence-electron chi connectivity index (χ3n) is 6.29. The van der Waals surface area contributed by atoms with Gasteiger partial charge in [0.05, 0.1) is 12.2 Å². The second-order valence-corrected chi connectivity index (χ2v) is 14.5. The molecule has 0 aliphatic carbocycles. The van der Waals surface area contributed by atoms with E-state index in [0.717, 1.165) is 10.8 Å². The fourth-order valence-electron chi connectivity index (χ4n) is 5.08. The van der Waals surface area contributed by atoms with Crippen LogP contribution in [0.15, 0.2) is 42.5 Å². The second kappa shape index (κ2) is 9.36. The second-order valence-electron chi connectivity index (χ2n) is 9.08. The highest BCUT2D eigenvalue weighted by molar-refractivity contribution is 6.77. The zero-order valence-electron chi connectivity index (χ0n) is 19.3. The van der Waals surface area contributed by atoms with E-state index in [-0.39, 0.29) is 11.8 Å². The van der Waals surface area contributed by atoms with Crippen molar-refractivity contribution < 1.29 is 18.8 Å². The SMILES string of the molecule is CC(C)[Si](OCCOc1cc(C2=CC(=O)NC2=O)c2ccccc2c1)(C(C)C)C(C)C. The van der Waals surface area contributed by atoms with E-state index < -0.39 is 8.32 Å². The molecule has 1 aliphatic heterocycles. The Balaban J connectivity index is 1.81. The van der Waals surface area contributed by atoms with E-state index in [1.807, 2.05) is 36.4 Å². The molecule has 1 N–H and O–H groups in total. The van der Waals surface area contributed by atoms with E-state index in [1.165, 1.54) is 6.08 Å². The van der Waals surface area contributed by atoms with E-state index in [4.69, 9.17) is 9.16 Å². The van der Waals surface area contributed by atoms with Crippen molar-refractivity contribution in [1.29, 1.82) is 0 Å². The summed E-state index contributed by atoms with van der Waals surface area (Å²) in [4.78, 5) is 23.9. The Kier molecular flexibility index (Phi) is 7.02. The lowest BCUT2D eigenvalue weighted by atomic mass is 9.98. The topological polar surface area (TPSA) is 64.6 Å². The molecule has 5 nitrogen and oxygen atoms in total. The highest BCUT2D eigenvalue weighted by atomic mass is 28.4. The number of rotatable bonds is 9. The van der Waals surface area contributed by atoms with Crippen molar-refractivity contribution in [2.75, 3.05) is 13.2 Å². The number of ether oxygens (including phenoxy) is 1. The molecule has 2 aromatic carbocycles. The van der Waals surface area contributed by atoms with Crippen LogP contribution in [0.2, 0.25) is 16.6 Å². The first kappa shape index (κ1) is 23.2. The Labute approximate surface area is 185 Å². The normalized spacial score (nSPS) is 14.7. The fraction of sp³-hybridized carbons (Fsp3) is 0.440. The predicted octanol–water partition coefficient (Wildman–Crippen LogP) is 5.45. The lowest BCUT2D eigenvalue weighted by molar-refractivity contribution is -0.123. The number of imide groups is 1. The van der Waals surface area contributed by atoms with Gasteiger partial charge in [-0.25, -0.2) is 0 Å². The summed E-state index contributed by atoms with van der Waals surface area (Å²) < 4.78 is 12.6. The number of fused-ring (bicyclic) bond motifs is 1. The lowest BCUT2D eigenvalue weighted by Crippen LogP contribution is -2.48. The van der Waals surface area contributed by atoms with Crippen molar-refractivity contribution in [1.82, 2.24) is 5.32 Å². The summed E-state index contributed by atoms with van der Waals surface area (Å²) in [6, 6.07) is 11.6. The summed E-state index contributed by atoms with van der Waals surface area (Å²) in [7, 11) is -1.94. The predicted molar refractivity (Wildman–Crippen MR) is 128 cm³/mol. The highest BCUT2D eigenvalue weighted by Crippen LogP contribution is 2.42.